The summed E-state index contributed by atoms with van der Waals surface area (Å²) in [6.45, 7) is 13.2. The molecule has 0 radical (unpaired) electrons. The summed E-state index contributed by atoms with van der Waals surface area (Å²) in [5, 5.41) is 23.7. The van der Waals surface area contributed by atoms with Crippen molar-refractivity contribution >= 4 is 231 Å². The van der Waals surface area contributed by atoms with Crippen LogP contribution in [0.1, 0.15) is 75.6 Å². The van der Waals surface area contributed by atoms with E-state index in [1.165, 1.54) is 133 Å². The minimum absolute atomic E-state index is 0.261. The molecular weight excluding hydrogens is 1620 g/mol. The molecule has 132 heavy (non-hydrogen) atoms. The Hall–Kier alpha value is -16.3. The Morgan fingerprint density at radius 3 is 0.803 bits per heavy atom. The van der Waals surface area contributed by atoms with Gasteiger partial charge >= 0.3 is 0 Å². The van der Waals surface area contributed by atoms with Gasteiger partial charge in [0.1, 0.15) is 22.8 Å². The number of benzene rings is 20. The molecule has 0 fully saturated rings. The van der Waals surface area contributed by atoms with E-state index in [9.17, 15) is 8.78 Å². The molecule has 0 saturated carbocycles. The van der Waals surface area contributed by atoms with Gasteiger partial charge in [0.25, 0.3) is 0 Å². The monoisotopic (exact) mass is 1710 g/mol. The Bertz CT molecular complexity index is 8580. The van der Waals surface area contributed by atoms with Crippen molar-refractivity contribution in [3.8, 4) is 0 Å². The highest BCUT2D eigenvalue weighted by atomic mass is 19.1. The number of aryl methyl sites for hydroxylation is 2. The van der Waals surface area contributed by atoms with Crippen LogP contribution in [0.5, 0.6) is 0 Å². The van der Waals surface area contributed by atoms with Crippen molar-refractivity contribution in [1.82, 2.24) is 8.80 Å². The van der Waals surface area contributed by atoms with Crippen molar-refractivity contribution < 1.29 is 17.6 Å². The molecule has 6 heterocycles. The highest BCUT2D eigenvalue weighted by Gasteiger charge is 2.28. The fourth-order valence-corrected chi connectivity index (χ4v) is 21.2. The predicted octanol–water partition coefficient (Wildman–Crippen LogP) is 35.6. The Balaban J connectivity index is 0.000000144. The third-order valence-corrected chi connectivity index (χ3v) is 27.7. The summed E-state index contributed by atoms with van der Waals surface area (Å²) >= 11 is 0. The number of hydrogen-bond donors (Lipinski definition) is 0. The molecule has 26 rings (SSSR count). The average Bonchev–Trinajstić information content (AvgIpc) is 1.54. The van der Waals surface area contributed by atoms with Crippen LogP contribution in [-0.4, -0.2) is 8.80 Å². The number of aromatic nitrogens is 2. The van der Waals surface area contributed by atoms with Crippen LogP contribution in [0.4, 0.5) is 77.0 Å². The van der Waals surface area contributed by atoms with Gasteiger partial charge in [-0.3, -0.25) is 0 Å². The van der Waals surface area contributed by atoms with Crippen molar-refractivity contribution in [2.75, 3.05) is 19.6 Å². The lowest BCUT2D eigenvalue weighted by Gasteiger charge is -2.26. The fourth-order valence-electron chi connectivity index (χ4n) is 21.2. The Morgan fingerprint density at radius 1 is 0.227 bits per heavy atom. The van der Waals surface area contributed by atoms with Crippen LogP contribution in [0.15, 0.2) is 397 Å². The number of nitrogens with zero attached hydrogens (tertiary/aromatic N) is 6. The zero-order valence-corrected chi connectivity index (χ0v) is 73.8. The number of furan rings is 2. The largest absolute Gasteiger partial charge is 0.454 e. The molecule has 0 unspecified atom stereocenters. The maximum Gasteiger partial charge on any atom is 0.159 e. The van der Waals surface area contributed by atoms with Gasteiger partial charge in [-0.25, -0.2) is 8.78 Å². The van der Waals surface area contributed by atoms with Crippen LogP contribution in [0.2, 0.25) is 0 Å². The molecule has 0 aliphatic heterocycles. The first-order valence-electron chi connectivity index (χ1n) is 45.9. The molecule has 632 valence electrons. The van der Waals surface area contributed by atoms with Gasteiger partial charge in [-0.1, -0.05) is 224 Å². The van der Waals surface area contributed by atoms with Crippen LogP contribution < -0.4 is 19.6 Å². The molecule has 10 heteroatoms. The van der Waals surface area contributed by atoms with Crippen molar-refractivity contribution in [2.24, 2.45) is 0 Å². The Morgan fingerprint density at radius 2 is 0.492 bits per heavy atom. The predicted molar refractivity (Wildman–Crippen MR) is 552 cm³/mol. The first-order chi connectivity index (χ1) is 64.8. The van der Waals surface area contributed by atoms with Crippen molar-refractivity contribution in [2.45, 2.75) is 66.2 Å². The molecule has 0 amide bonds. The highest BCUT2D eigenvalue weighted by Crippen LogP contribution is 2.51. The first kappa shape index (κ1) is 78.0. The van der Waals surface area contributed by atoms with E-state index in [0.29, 0.717) is 11.8 Å². The molecular formula is C122H88F2N6O2. The fraction of sp³-hybridized carbons (Fsp3) is 0.0820. The van der Waals surface area contributed by atoms with Crippen molar-refractivity contribution in [3.05, 3.63) is 422 Å². The molecule has 8 nitrogen and oxygen atoms in total. The summed E-state index contributed by atoms with van der Waals surface area (Å²) in [4.78, 5) is 9.10. The van der Waals surface area contributed by atoms with Crippen LogP contribution in [-0.2, 0) is 12.8 Å². The molecule has 26 aromatic rings. The number of halogens is 2. The summed E-state index contributed by atoms with van der Waals surface area (Å²) < 4.78 is 47.1. The lowest BCUT2D eigenvalue weighted by molar-refractivity contribution is 0.627. The summed E-state index contributed by atoms with van der Waals surface area (Å²) in [6, 6.07) is 138. The standard InChI is InChI=1S/C66H45N3O2.C56H43F2N3/c1-3-40-16-11-24-52-54-26-14-28-58(65(54)70-63(40)52)67(46-18-7-5-8-19-46)48-32-30-42-36-56-50-22-13-23-51-57-37-43-31-33-49(35-45(43)39-61(57)69(62(50)51)60(56)38-44(42)34-48)68(47-20-9-6-10-21-47)59-29-15-27-55-53-25-12-17-41(4-2)64(53)71-66(55)59;1-34(2)36-8-18-44(19-9-36)59(46-24-14-42(57)15-25-46)48-22-12-38-30-52-50-6-5-7-51-53-31-39-13-23-49(29-41(39)33-55(53)61(56(50)51)54(52)32-40(38)28-48)60(47-26-16-43(58)17-27-47)45-20-10-37(11-21-45)35(3)4/h5-39H,3-4H2,1-2H3;5-35H,1-4H3. The molecule has 0 aliphatic carbocycles. The van der Waals surface area contributed by atoms with Gasteiger partial charge in [0.05, 0.1) is 44.5 Å². The van der Waals surface area contributed by atoms with Gasteiger partial charge in [-0.2, -0.15) is 0 Å². The summed E-state index contributed by atoms with van der Waals surface area (Å²) in [5.41, 5.74) is 27.9. The molecule has 0 aliphatic rings. The number of rotatable bonds is 16. The highest BCUT2D eigenvalue weighted by molar-refractivity contribution is 6.28. The second kappa shape index (κ2) is 30.7. The van der Waals surface area contributed by atoms with E-state index < -0.39 is 0 Å². The summed E-state index contributed by atoms with van der Waals surface area (Å²) in [7, 11) is 0. The molecule has 0 N–H and O–H groups in total. The topological polar surface area (TPSA) is 48.1 Å². The van der Waals surface area contributed by atoms with E-state index in [1.54, 1.807) is 0 Å². The SMILES string of the molecule is CC(C)c1ccc(N(c2ccc(F)cc2)c2ccc3cc4c5cccc6c7cc8ccc(N(c9ccc(F)cc9)c9ccc(C(C)C)cc9)cc8cc7n(c4cc3c2)c56)cc1.CCc1cccc2c1oc1c(N(c3ccccc3)c3ccc4cc5c6cccc7c8cc9ccc(N(c%10ccccc%10)c%10cccc%11c%10oc%10c(CC)cccc%10%11)cc9cc8n(c5cc4c3)c67)cccc12. The molecule has 0 saturated heterocycles. The second-order valence-electron chi connectivity index (χ2n) is 35.9. The molecule has 20 aromatic carbocycles. The second-order valence-corrected chi connectivity index (χ2v) is 35.9. The molecule has 6 aromatic heterocycles. The third kappa shape index (κ3) is 12.5. The van der Waals surface area contributed by atoms with E-state index in [-0.39, 0.29) is 11.6 Å². The zero-order chi connectivity index (χ0) is 88.4. The number of para-hydroxylation sites is 8. The van der Waals surface area contributed by atoms with Gasteiger partial charge in [0.2, 0.25) is 0 Å². The van der Waals surface area contributed by atoms with Crippen LogP contribution in [0, 0.1) is 11.6 Å². The molecule has 0 spiro atoms. The van der Waals surface area contributed by atoms with E-state index in [2.05, 4.69) is 410 Å². The van der Waals surface area contributed by atoms with Crippen LogP contribution in [0.3, 0.4) is 0 Å². The maximum absolute atomic E-state index is 14.2. The quantitative estimate of drug-likeness (QED) is 0.0961. The summed E-state index contributed by atoms with van der Waals surface area (Å²) in [5.74, 6) is 0.312. The van der Waals surface area contributed by atoms with E-state index in [4.69, 9.17) is 8.83 Å². The zero-order valence-electron chi connectivity index (χ0n) is 73.8. The first-order valence-corrected chi connectivity index (χ1v) is 45.9. The molecule has 0 atom stereocenters. The van der Waals surface area contributed by atoms with Crippen LogP contribution >= 0.6 is 0 Å². The average molecular weight is 1710 g/mol. The molecule has 0 bridgehead atoms. The lowest BCUT2D eigenvalue weighted by atomic mass is 10.0. The normalized spacial score (nSPS) is 12.1. The Labute approximate surface area is 760 Å². The third-order valence-electron chi connectivity index (χ3n) is 27.7. The van der Waals surface area contributed by atoms with Crippen molar-refractivity contribution in [3.63, 3.8) is 0 Å². The van der Waals surface area contributed by atoms with Crippen molar-refractivity contribution in [1.29, 1.82) is 0 Å². The van der Waals surface area contributed by atoms with Gasteiger partial charge in [0.15, 0.2) is 11.2 Å². The van der Waals surface area contributed by atoms with E-state index in [1.807, 2.05) is 24.3 Å². The minimum Gasteiger partial charge on any atom is -0.454 e. The van der Waals surface area contributed by atoms with Gasteiger partial charge in [-0.15, -0.1) is 0 Å². The van der Waals surface area contributed by atoms with E-state index in [0.717, 1.165) is 158 Å². The van der Waals surface area contributed by atoms with Gasteiger partial charge in [0, 0.05) is 122 Å². The van der Waals surface area contributed by atoms with E-state index >= 15 is 0 Å². The smallest absolute Gasteiger partial charge is 0.159 e. The van der Waals surface area contributed by atoms with Crippen LogP contribution in [0.25, 0.3) is 163 Å². The number of anilines is 12. The lowest BCUT2D eigenvalue weighted by Crippen LogP contribution is -2.10. The van der Waals surface area contributed by atoms with Gasteiger partial charge < -0.3 is 37.2 Å². The summed E-state index contributed by atoms with van der Waals surface area (Å²) in [6.07, 6.45) is 1.81. The van der Waals surface area contributed by atoms with Gasteiger partial charge in [-0.05, 0) is 296 Å². The number of fused-ring (bicyclic) bond motifs is 22. The Kier molecular flexibility index (Phi) is 18.2. The minimum atomic E-state index is -0.261. The maximum atomic E-state index is 14.2. The number of hydrogen-bond acceptors (Lipinski definition) is 6.